The number of rotatable bonds is 3. The third-order valence-corrected chi connectivity index (χ3v) is 4.23. The maximum Gasteiger partial charge on any atom is 0.225 e. The second kappa shape index (κ2) is 5.59. The third kappa shape index (κ3) is 2.95. The van der Waals surface area contributed by atoms with Crippen LogP contribution in [0.15, 0.2) is 0 Å². The Morgan fingerprint density at radius 2 is 1.94 bits per heavy atom. The van der Waals surface area contributed by atoms with Crippen molar-refractivity contribution in [3.05, 3.63) is 0 Å². The number of methoxy groups -OCH3 is 1. The van der Waals surface area contributed by atoms with Gasteiger partial charge in [0, 0.05) is 31.5 Å². The van der Waals surface area contributed by atoms with Crippen LogP contribution in [0.2, 0.25) is 0 Å². The van der Waals surface area contributed by atoms with Gasteiger partial charge in [0.1, 0.15) is 0 Å². The van der Waals surface area contributed by atoms with Gasteiger partial charge in [-0.25, -0.2) is 0 Å². The highest BCUT2D eigenvalue weighted by molar-refractivity contribution is 7.80. The Bertz CT molecular complexity index is 272. The highest BCUT2D eigenvalue weighted by Gasteiger charge is 2.35. The Kier molecular flexibility index (Phi) is 4.33. The Hall–Kier alpha value is -0.260. The molecule has 0 aromatic heterocycles. The van der Waals surface area contributed by atoms with Gasteiger partial charge in [-0.2, -0.15) is 12.6 Å². The lowest BCUT2D eigenvalue weighted by atomic mass is 9.93. The van der Waals surface area contributed by atoms with Gasteiger partial charge < -0.3 is 9.64 Å². The molecule has 0 spiro atoms. The van der Waals surface area contributed by atoms with E-state index in [1.165, 1.54) is 0 Å². The van der Waals surface area contributed by atoms with Crippen molar-refractivity contribution in [3.63, 3.8) is 0 Å². The summed E-state index contributed by atoms with van der Waals surface area (Å²) >= 11 is 4.43. The van der Waals surface area contributed by atoms with Crippen molar-refractivity contribution < 1.29 is 9.53 Å². The van der Waals surface area contributed by atoms with Gasteiger partial charge in [0.25, 0.3) is 0 Å². The lowest BCUT2D eigenvalue weighted by Gasteiger charge is -2.42. The summed E-state index contributed by atoms with van der Waals surface area (Å²) in [7, 11) is 1.71. The van der Waals surface area contributed by atoms with Crippen LogP contribution in [0.4, 0.5) is 0 Å². The molecular formula is C12H22N2O2S. The summed E-state index contributed by atoms with van der Waals surface area (Å²) in [4.78, 5) is 16.4. The molecule has 0 radical (unpaired) electrons. The summed E-state index contributed by atoms with van der Waals surface area (Å²) in [6.07, 6.45) is 2.20. The number of hydrogen-bond donors (Lipinski definition) is 1. The summed E-state index contributed by atoms with van der Waals surface area (Å²) < 4.78 is 5.19. The molecule has 17 heavy (non-hydrogen) atoms. The average Bonchev–Trinajstić information content (AvgIpc) is 2.27. The Balaban J connectivity index is 1.75. The molecule has 1 amide bonds. The smallest absolute Gasteiger partial charge is 0.225 e. The van der Waals surface area contributed by atoms with E-state index in [1.54, 1.807) is 7.11 Å². The number of likely N-dealkylation sites (tertiary alicyclic amines) is 2. The highest BCUT2D eigenvalue weighted by Crippen LogP contribution is 2.24. The fourth-order valence-corrected chi connectivity index (χ4v) is 2.78. The summed E-state index contributed by atoms with van der Waals surface area (Å²) in [5, 5.41) is 0.299. The molecule has 98 valence electrons. The molecule has 0 bridgehead atoms. The molecule has 0 saturated carbocycles. The molecular weight excluding hydrogens is 236 g/mol. The van der Waals surface area contributed by atoms with Crippen LogP contribution in [0.5, 0.6) is 0 Å². The minimum atomic E-state index is 0.219. The molecule has 0 N–H and O–H groups in total. The lowest BCUT2D eigenvalue weighted by Crippen LogP contribution is -2.57. The first-order valence-corrected chi connectivity index (χ1v) is 6.87. The minimum Gasteiger partial charge on any atom is -0.378 e. The lowest BCUT2D eigenvalue weighted by molar-refractivity contribution is -0.149. The average molecular weight is 258 g/mol. The number of thiol groups is 1. The van der Waals surface area contributed by atoms with Crippen molar-refractivity contribution in [1.82, 2.24) is 9.80 Å². The van der Waals surface area contributed by atoms with E-state index < -0.39 is 0 Å². The molecule has 0 aromatic rings. The van der Waals surface area contributed by atoms with Crippen LogP contribution in [0, 0.1) is 5.92 Å². The number of carbonyl (C=O) groups is 1. The maximum atomic E-state index is 12.2. The van der Waals surface area contributed by atoms with Crippen molar-refractivity contribution in [2.45, 2.75) is 31.2 Å². The molecule has 0 aromatic carbocycles. The van der Waals surface area contributed by atoms with E-state index in [4.69, 9.17) is 4.74 Å². The molecule has 5 heteroatoms. The molecule has 2 saturated heterocycles. The van der Waals surface area contributed by atoms with E-state index in [1.807, 2.05) is 4.90 Å². The molecule has 2 fully saturated rings. The fourth-order valence-electron chi connectivity index (χ4n) is 2.55. The zero-order valence-electron chi connectivity index (χ0n) is 10.6. The monoisotopic (exact) mass is 258 g/mol. The van der Waals surface area contributed by atoms with Gasteiger partial charge in [-0.1, -0.05) is 0 Å². The third-order valence-electron chi connectivity index (χ3n) is 3.90. The second-order valence-electron chi connectivity index (χ2n) is 5.04. The van der Waals surface area contributed by atoms with E-state index in [9.17, 15) is 4.79 Å². The Morgan fingerprint density at radius 1 is 1.35 bits per heavy atom. The zero-order valence-corrected chi connectivity index (χ0v) is 11.5. The summed E-state index contributed by atoms with van der Waals surface area (Å²) in [6.45, 7) is 5.62. The van der Waals surface area contributed by atoms with Crippen molar-refractivity contribution in [2.24, 2.45) is 5.92 Å². The SMILES string of the molecule is COC1CN(C(=O)C2CCN(C(C)S)CC2)C1. The normalized spacial score (nSPS) is 25.7. The Labute approximate surface area is 109 Å². The van der Waals surface area contributed by atoms with Gasteiger partial charge in [-0.05, 0) is 32.9 Å². The first kappa shape index (κ1) is 13.2. The van der Waals surface area contributed by atoms with Crippen LogP contribution in [-0.4, -0.2) is 60.5 Å². The quantitative estimate of drug-likeness (QED) is 0.761. The van der Waals surface area contributed by atoms with Gasteiger partial charge >= 0.3 is 0 Å². The molecule has 1 atom stereocenters. The van der Waals surface area contributed by atoms with E-state index in [2.05, 4.69) is 24.5 Å². The van der Waals surface area contributed by atoms with Crippen molar-refractivity contribution in [2.75, 3.05) is 33.3 Å². The topological polar surface area (TPSA) is 32.8 Å². The number of piperidine rings is 1. The first-order chi connectivity index (χ1) is 8.11. The zero-order chi connectivity index (χ0) is 12.4. The number of ether oxygens (including phenoxy) is 1. The van der Waals surface area contributed by atoms with E-state index in [-0.39, 0.29) is 12.0 Å². The first-order valence-electron chi connectivity index (χ1n) is 6.35. The molecule has 2 aliphatic rings. The van der Waals surface area contributed by atoms with Crippen molar-refractivity contribution in [1.29, 1.82) is 0 Å². The Morgan fingerprint density at radius 3 is 2.41 bits per heavy atom. The summed E-state index contributed by atoms with van der Waals surface area (Å²) in [6, 6.07) is 0. The number of carbonyl (C=O) groups excluding carboxylic acids is 1. The minimum absolute atomic E-state index is 0.219. The van der Waals surface area contributed by atoms with Crippen molar-refractivity contribution >= 4 is 18.5 Å². The van der Waals surface area contributed by atoms with Crippen LogP contribution in [-0.2, 0) is 9.53 Å². The summed E-state index contributed by atoms with van der Waals surface area (Å²) in [5.74, 6) is 0.543. The molecule has 2 rings (SSSR count). The maximum absolute atomic E-state index is 12.2. The number of hydrogen-bond acceptors (Lipinski definition) is 4. The van der Waals surface area contributed by atoms with Crippen molar-refractivity contribution in [3.8, 4) is 0 Å². The van der Waals surface area contributed by atoms with Crippen LogP contribution < -0.4 is 0 Å². The van der Waals surface area contributed by atoms with E-state index in [0.717, 1.165) is 39.0 Å². The van der Waals surface area contributed by atoms with E-state index in [0.29, 0.717) is 11.3 Å². The largest absolute Gasteiger partial charge is 0.378 e. The van der Waals surface area contributed by atoms with Gasteiger partial charge in [0.05, 0.1) is 6.10 Å². The van der Waals surface area contributed by atoms with E-state index >= 15 is 0 Å². The molecule has 1 unspecified atom stereocenters. The predicted molar refractivity (Wildman–Crippen MR) is 70.1 cm³/mol. The molecule has 2 aliphatic heterocycles. The predicted octanol–water partition coefficient (Wildman–Crippen LogP) is 0.831. The van der Waals surface area contributed by atoms with Gasteiger partial charge in [-0.15, -0.1) is 0 Å². The van der Waals surface area contributed by atoms with Crippen LogP contribution in [0.1, 0.15) is 19.8 Å². The molecule has 0 aliphatic carbocycles. The standard InChI is InChI=1S/C12H22N2O2S/c1-9(17)13-5-3-10(4-6-13)12(15)14-7-11(8-14)16-2/h9-11,17H,3-8H2,1-2H3. The number of amides is 1. The molecule has 4 nitrogen and oxygen atoms in total. The second-order valence-corrected chi connectivity index (χ2v) is 5.79. The van der Waals surface area contributed by atoms with Crippen LogP contribution in [0.25, 0.3) is 0 Å². The van der Waals surface area contributed by atoms with Crippen LogP contribution in [0.3, 0.4) is 0 Å². The van der Waals surface area contributed by atoms with Gasteiger partial charge in [-0.3, -0.25) is 9.69 Å². The van der Waals surface area contributed by atoms with Gasteiger partial charge in [0.15, 0.2) is 0 Å². The molecule has 2 heterocycles. The highest BCUT2D eigenvalue weighted by atomic mass is 32.1. The van der Waals surface area contributed by atoms with Gasteiger partial charge in [0.2, 0.25) is 5.91 Å². The van der Waals surface area contributed by atoms with Crippen LogP contribution >= 0.6 is 12.6 Å². The fraction of sp³-hybridized carbons (Fsp3) is 0.917. The summed E-state index contributed by atoms with van der Waals surface area (Å²) in [5.41, 5.74) is 0. The number of nitrogens with zero attached hydrogens (tertiary/aromatic N) is 2.